The largest absolute Gasteiger partial charge is 0.380 e. The highest BCUT2D eigenvalue weighted by Crippen LogP contribution is 2.26. The van der Waals surface area contributed by atoms with Gasteiger partial charge in [-0.3, -0.25) is 0 Å². The van der Waals surface area contributed by atoms with Gasteiger partial charge in [0.05, 0.1) is 0 Å². The summed E-state index contributed by atoms with van der Waals surface area (Å²) in [6, 6.07) is 16.3. The molecule has 0 radical (unpaired) electrons. The monoisotopic (exact) mass is 365 g/mol. The highest BCUT2D eigenvalue weighted by Gasteiger charge is 2.02. The fraction of sp³-hybridized carbons (Fsp3) is 0.0667. The topological polar surface area (TPSA) is 12.0 Å². The molecule has 0 amide bonds. The number of rotatable bonds is 4. The van der Waals surface area contributed by atoms with Gasteiger partial charge in [0.25, 0.3) is 0 Å². The third-order valence-electron chi connectivity index (χ3n) is 2.60. The number of benzene rings is 2. The van der Waals surface area contributed by atoms with Crippen LogP contribution in [0.1, 0.15) is 5.56 Å². The Kier molecular flexibility index (Phi) is 4.61. The van der Waals surface area contributed by atoms with Gasteiger partial charge in [-0.05, 0) is 45.3 Å². The van der Waals surface area contributed by atoms with Gasteiger partial charge < -0.3 is 5.32 Å². The molecule has 0 aromatic heterocycles. The van der Waals surface area contributed by atoms with Crippen LogP contribution in [0, 0.1) is 0 Å². The van der Waals surface area contributed by atoms with Crippen LogP contribution in [0.3, 0.4) is 0 Å². The fourth-order valence-electron chi connectivity index (χ4n) is 1.61. The lowest BCUT2D eigenvalue weighted by molar-refractivity contribution is 1.33. The maximum Gasteiger partial charge on any atom is 0.0498 e. The van der Waals surface area contributed by atoms with Crippen LogP contribution < -0.4 is 5.32 Å². The molecule has 18 heavy (non-hydrogen) atoms. The van der Waals surface area contributed by atoms with Crippen molar-refractivity contribution < 1.29 is 0 Å². The molecule has 0 aliphatic heterocycles. The van der Waals surface area contributed by atoms with E-state index in [-0.39, 0.29) is 0 Å². The zero-order valence-electron chi connectivity index (χ0n) is 9.79. The molecule has 0 aliphatic carbocycles. The highest BCUT2D eigenvalue weighted by molar-refractivity contribution is 9.11. The number of nitrogens with one attached hydrogen (secondary N) is 1. The Morgan fingerprint density at radius 1 is 1.06 bits per heavy atom. The summed E-state index contributed by atoms with van der Waals surface area (Å²) < 4.78 is 2.10. The first-order chi connectivity index (χ1) is 8.66. The SMILES string of the molecule is C=C(CNc1cc(Br)ccc1Br)c1ccccc1. The van der Waals surface area contributed by atoms with Crippen LogP contribution in [0.2, 0.25) is 0 Å². The molecule has 92 valence electrons. The number of anilines is 1. The summed E-state index contributed by atoms with van der Waals surface area (Å²) in [5.41, 5.74) is 3.29. The normalized spacial score (nSPS) is 10.1. The Morgan fingerprint density at radius 2 is 1.78 bits per heavy atom. The molecule has 0 unspecified atom stereocenters. The van der Waals surface area contributed by atoms with Crippen LogP contribution in [0.4, 0.5) is 5.69 Å². The van der Waals surface area contributed by atoms with Gasteiger partial charge in [0.1, 0.15) is 0 Å². The third kappa shape index (κ3) is 3.47. The lowest BCUT2D eigenvalue weighted by atomic mass is 10.1. The van der Waals surface area contributed by atoms with Gasteiger partial charge in [-0.25, -0.2) is 0 Å². The molecule has 0 atom stereocenters. The predicted molar refractivity (Wildman–Crippen MR) is 85.8 cm³/mol. The molecule has 2 rings (SSSR count). The average Bonchev–Trinajstić information content (AvgIpc) is 2.40. The maximum absolute atomic E-state index is 4.10. The lowest BCUT2D eigenvalue weighted by Gasteiger charge is -2.11. The van der Waals surface area contributed by atoms with Gasteiger partial charge in [-0.2, -0.15) is 0 Å². The Labute approximate surface area is 124 Å². The van der Waals surface area contributed by atoms with E-state index in [1.54, 1.807) is 0 Å². The van der Waals surface area contributed by atoms with Gasteiger partial charge in [-0.15, -0.1) is 0 Å². The van der Waals surface area contributed by atoms with Crippen LogP contribution in [0.5, 0.6) is 0 Å². The minimum Gasteiger partial charge on any atom is -0.380 e. The second-order valence-electron chi connectivity index (χ2n) is 3.95. The van der Waals surface area contributed by atoms with Crippen LogP contribution >= 0.6 is 31.9 Å². The van der Waals surface area contributed by atoms with Crippen LogP contribution in [-0.2, 0) is 0 Å². The van der Waals surface area contributed by atoms with Crippen molar-refractivity contribution >= 4 is 43.1 Å². The summed E-state index contributed by atoms with van der Waals surface area (Å²) in [6.07, 6.45) is 0. The molecule has 0 fully saturated rings. The van der Waals surface area contributed by atoms with Crippen molar-refractivity contribution in [3.63, 3.8) is 0 Å². The van der Waals surface area contributed by atoms with E-state index in [4.69, 9.17) is 0 Å². The maximum atomic E-state index is 4.10. The second kappa shape index (κ2) is 6.21. The summed E-state index contributed by atoms with van der Waals surface area (Å²) in [4.78, 5) is 0. The summed E-state index contributed by atoms with van der Waals surface area (Å²) in [5, 5.41) is 3.38. The van der Waals surface area contributed by atoms with E-state index in [9.17, 15) is 0 Å². The Balaban J connectivity index is 2.04. The van der Waals surface area contributed by atoms with Gasteiger partial charge in [-0.1, -0.05) is 52.8 Å². The molecule has 0 saturated carbocycles. The minimum absolute atomic E-state index is 0.721. The predicted octanol–water partition coefficient (Wildman–Crippen LogP) is 5.34. The second-order valence-corrected chi connectivity index (χ2v) is 5.72. The molecule has 0 aliphatic rings. The lowest BCUT2D eigenvalue weighted by Crippen LogP contribution is -2.03. The minimum atomic E-state index is 0.721. The molecule has 0 heterocycles. The van der Waals surface area contributed by atoms with Crippen LogP contribution in [-0.4, -0.2) is 6.54 Å². The first-order valence-corrected chi connectivity index (χ1v) is 7.17. The standard InChI is InChI=1S/C15H13Br2N/c1-11(12-5-3-2-4-6-12)10-18-15-9-13(16)7-8-14(15)17/h2-9,18H,1,10H2. The van der Waals surface area contributed by atoms with E-state index in [2.05, 4.69) is 55.9 Å². The van der Waals surface area contributed by atoms with E-state index in [0.29, 0.717) is 0 Å². The molecule has 3 heteroatoms. The van der Waals surface area contributed by atoms with Gasteiger partial charge >= 0.3 is 0 Å². The van der Waals surface area contributed by atoms with Gasteiger partial charge in [0.15, 0.2) is 0 Å². The van der Waals surface area contributed by atoms with Crippen molar-refractivity contribution in [2.45, 2.75) is 0 Å². The summed E-state index contributed by atoms with van der Waals surface area (Å²) >= 11 is 6.99. The number of hydrogen-bond acceptors (Lipinski definition) is 1. The first-order valence-electron chi connectivity index (χ1n) is 5.59. The molecule has 1 nitrogen and oxygen atoms in total. The Morgan fingerprint density at radius 3 is 2.50 bits per heavy atom. The molecular formula is C15H13Br2N. The molecule has 1 N–H and O–H groups in total. The van der Waals surface area contributed by atoms with Crippen molar-refractivity contribution in [1.82, 2.24) is 0 Å². The zero-order chi connectivity index (χ0) is 13.0. The quantitative estimate of drug-likeness (QED) is 0.770. The molecule has 0 bridgehead atoms. The molecule has 0 saturated heterocycles. The van der Waals surface area contributed by atoms with Gasteiger partial charge in [0, 0.05) is 21.2 Å². The fourth-order valence-corrected chi connectivity index (χ4v) is 2.36. The number of halogens is 2. The zero-order valence-corrected chi connectivity index (χ0v) is 13.0. The Bertz CT molecular complexity index is 550. The summed E-state index contributed by atoms with van der Waals surface area (Å²) in [5.74, 6) is 0. The van der Waals surface area contributed by atoms with Crippen molar-refractivity contribution in [1.29, 1.82) is 0 Å². The molecule has 0 spiro atoms. The van der Waals surface area contributed by atoms with E-state index in [1.807, 2.05) is 36.4 Å². The van der Waals surface area contributed by atoms with Crippen molar-refractivity contribution in [3.05, 3.63) is 69.6 Å². The first kappa shape index (κ1) is 13.4. The molecule has 2 aromatic rings. The van der Waals surface area contributed by atoms with Gasteiger partial charge in [0.2, 0.25) is 0 Å². The molecular weight excluding hydrogens is 354 g/mol. The summed E-state index contributed by atoms with van der Waals surface area (Å²) in [7, 11) is 0. The Hall–Kier alpha value is -1.06. The van der Waals surface area contributed by atoms with E-state index in [1.165, 1.54) is 0 Å². The van der Waals surface area contributed by atoms with E-state index < -0.39 is 0 Å². The van der Waals surface area contributed by atoms with Crippen molar-refractivity contribution in [2.24, 2.45) is 0 Å². The third-order valence-corrected chi connectivity index (χ3v) is 3.79. The van der Waals surface area contributed by atoms with Crippen LogP contribution in [0.25, 0.3) is 5.57 Å². The smallest absolute Gasteiger partial charge is 0.0498 e. The number of hydrogen-bond donors (Lipinski definition) is 1. The van der Waals surface area contributed by atoms with E-state index in [0.717, 1.165) is 32.3 Å². The highest BCUT2D eigenvalue weighted by atomic mass is 79.9. The van der Waals surface area contributed by atoms with E-state index >= 15 is 0 Å². The van der Waals surface area contributed by atoms with Crippen molar-refractivity contribution in [3.8, 4) is 0 Å². The molecule has 2 aromatic carbocycles. The van der Waals surface area contributed by atoms with Crippen LogP contribution in [0.15, 0.2) is 64.1 Å². The summed E-state index contributed by atoms with van der Waals surface area (Å²) in [6.45, 7) is 4.82. The van der Waals surface area contributed by atoms with Crippen molar-refractivity contribution in [2.75, 3.05) is 11.9 Å². The average molecular weight is 367 g/mol.